The average molecular weight is 591 g/mol. The molecule has 0 unspecified atom stereocenters. The number of nitrogens with one attached hydrogen (secondary N) is 2. The first-order valence-corrected chi connectivity index (χ1v) is 15.8. The van der Waals surface area contributed by atoms with Crippen molar-refractivity contribution in [3.8, 4) is 0 Å². The fourth-order valence-electron chi connectivity index (χ4n) is 5.89. The number of pyridine rings is 1. The minimum atomic E-state index is -0.251. The maximum atomic E-state index is 12.3. The van der Waals surface area contributed by atoms with E-state index in [0.717, 1.165) is 51.4 Å². The molecule has 2 saturated carbocycles. The van der Waals surface area contributed by atoms with Gasteiger partial charge in [-0.3, -0.25) is 24.2 Å². The van der Waals surface area contributed by atoms with Crippen molar-refractivity contribution in [3.63, 3.8) is 0 Å². The van der Waals surface area contributed by atoms with Crippen LogP contribution >= 0.6 is 0 Å². The highest BCUT2D eigenvalue weighted by atomic mass is 16.5. The number of hydrogen-bond acceptors (Lipinski definition) is 7. The number of amides is 3. The van der Waals surface area contributed by atoms with Crippen molar-refractivity contribution in [3.05, 3.63) is 30.6 Å². The number of likely N-dealkylation sites (tertiary alicyclic amines) is 1. The number of nitrogens with zero attached hydrogens (tertiary/aromatic N) is 2. The molecular weight excluding hydrogens is 536 g/mol. The molecule has 2 aliphatic carbocycles. The van der Waals surface area contributed by atoms with Gasteiger partial charge in [0, 0.05) is 73.2 Å². The van der Waals surface area contributed by atoms with Gasteiger partial charge in [0.05, 0.1) is 24.7 Å². The number of Topliss-reactive ketones (excluding diaryl/α,β-unsaturated/α-hetero) is 1. The zero-order chi connectivity index (χ0) is 30.2. The lowest BCUT2D eigenvalue weighted by molar-refractivity contribution is -0.128. The van der Waals surface area contributed by atoms with Crippen LogP contribution in [0.2, 0.25) is 0 Å². The number of rotatable bonds is 13. The van der Waals surface area contributed by atoms with Crippen LogP contribution in [0.1, 0.15) is 86.8 Å². The third-order valence-corrected chi connectivity index (χ3v) is 8.45. The lowest BCUT2D eigenvalue weighted by Gasteiger charge is -2.29. The summed E-state index contributed by atoms with van der Waals surface area (Å²) in [5, 5.41) is 6.00. The highest BCUT2D eigenvalue weighted by Gasteiger charge is 2.32. The van der Waals surface area contributed by atoms with Gasteiger partial charge in [-0.05, 0) is 69.9 Å². The monoisotopic (exact) mass is 590 g/mol. The van der Waals surface area contributed by atoms with Crippen LogP contribution in [0.3, 0.4) is 0 Å². The van der Waals surface area contributed by atoms with E-state index in [0.29, 0.717) is 57.8 Å². The Hall–Kier alpha value is -2.85. The van der Waals surface area contributed by atoms with E-state index in [9.17, 15) is 19.2 Å². The van der Waals surface area contributed by atoms with Gasteiger partial charge in [0.25, 0.3) is 0 Å². The molecule has 10 nitrogen and oxygen atoms in total. The first-order valence-electron chi connectivity index (χ1n) is 15.8. The molecule has 1 aliphatic heterocycles. The smallest absolute Gasteiger partial charge is 0.225 e. The van der Waals surface area contributed by atoms with E-state index < -0.39 is 0 Å². The summed E-state index contributed by atoms with van der Waals surface area (Å²) in [6.45, 7) is 3.94. The molecule has 1 aromatic heterocycles. The Labute approximate surface area is 253 Å². The van der Waals surface area contributed by atoms with Crippen molar-refractivity contribution in [2.24, 2.45) is 11.8 Å². The molecule has 2 heterocycles. The Morgan fingerprint density at radius 1 is 0.929 bits per heavy atom. The van der Waals surface area contributed by atoms with Crippen molar-refractivity contribution in [2.45, 2.75) is 102 Å². The second-order valence-electron chi connectivity index (χ2n) is 11.7. The zero-order valence-electron chi connectivity index (χ0n) is 25.4. The van der Waals surface area contributed by atoms with E-state index >= 15 is 0 Å². The lowest BCUT2D eigenvalue weighted by Crippen LogP contribution is -2.38. The normalized spacial score (nSPS) is 25.7. The van der Waals surface area contributed by atoms with E-state index in [-0.39, 0.29) is 50.7 Å². The fourth-order valence-corrected chi connectivity index (χ4v) is 5.89. The van der Waals surface area contributed by atoms with Crippen molar-refractivity contribution in [1.82, 2.24) is 20.5 Å². The molecular formula is C32H54N4O6. The Kier molecular flexibility index (Phi) is 14.9. The maximum absolute atomic E-state index is 12.3. The largest absolute Gasteiger partial charge is 0.378 e. The van der Waals surface area contributed by atoms with Crippen LogP contribution in [0.5, 0.6) is 0 Å². The summed E-state index contributed by atoms with van der Waals surface area (Å²) in [4.78, 5) is 53.2. The molecule has 0 aromatic carbocycles. The number of ether oxygens (including phenoxy) is 2. The average Bonchev–Trinajstić information content (AvgIpc) is 3.37. The molecule has 238 valence electrons. The number of ketones is 1. The Morgan fingerprint density at radius 3 is 2.10 bits per heavy atom. The summed E-state index contributed by atoms with van der Waals surface area (Å²) in [6.07, 6.45) is 13.3. The Balaban J connectivity index is 0.00000108. The molecule has 4 rings (SSSR count). The van der Waals surface area contributed by atoms with Gasteiger partial charge in [-0.2, -0.15) is 0 Å². The number of carbonyl (C=O) groups is 4. The highest BCUT2D eigenvalue weighted by Crippen LogP contribution is 2.26. The van der Waals surface area contributed by atoms with Gasteiger partial charge in [-0.25, -0.2) is 0 Å². The van der Waals surface area contributed by atoms with Crippen LogP contribution < -0.4 is 10.6 Å². The highest BCUT2D eigenvalue weighted by molar-refractivity contribution is 5.89. The second kappa shape index (κ2) is 18.6. The predicted octanol–water partition coefficient (Wildman–Crippen LogP) is 3.93. The summed E-state index contributed by atoms with van der Waals surface area (Å²) in [7, 11) is 1.72. The Morgan fingerprint density at radius 2 is 1.57 bits per heavy atom. The fraction of sp³-hybridized carbons (Fsp3) is 0.719. The molecule has 1 saturated heterocycles. The Bertz CT molecular complexity index is 946. The molecule has 1 aromatic rings. The maximum Gasteiger partial charge on any atom is 0.225 e. The number of hydrogen-bond donors (Lipinski definition) is 2. The second-order valence-corrected chi connectivity index (χ2v) is 11.7. The molecule has 10 heteroatoms. The third kappa shape index (κ3) is 12.2. The molecule has 3 aliphatic rings. The van der Waals surface area contributed by atoms with Gasteiger partial charge in [0.2, 0.25) is 17.7 Å². The third-order valence-electron chi connectivity index (χ3n) is 8.45. The zero-order valence-corrected chi connectivity index (χ0v) is 25.4. The van der Waals surface area contributed by atoms with E-state index in [1.165, 1.54) is 0 Å². The van der Waals surface area contributed by atoms with E-state index in [4.69, 9.17) is 9.47 Å². The molecule has 1 atom stereocenters. The van der Waals surface area contributed by atoms with E-state index in [1.54, 1.807) is 24.3 Å². The SMILES string of the molecule is CCC(=O)C1CCC(NC(=O)CCCOC2CCC(OCCNC(=O)[C@H]3CC(=O)N(C)C3)CC2)CC1.[HH].[HH].c1ccncc1. The predicted molar refractivity (Wildman–Crippen MR) is 164 cm³/mol. The van der Waals surface area contributed by atoms with Crippen molar-refractivity contribution in [1.29, 1.82) is 0 Å². The lowest BCUT2D eigenvalue weighted by atomic mass is 9.83. The molecule has 2 N–H and O–H groups in total. The topological polar surface area (TPSA) is 127 Å². The van der Waals surface area contributed by atoms with Crippen molar-refractivity contribution < 1.29 is 31.5 Å². The standard InChI is InChI=1S/C27H45N3O6.C5H5N.2H2/c1-3-24(31)19-6-8-21(9-7-19)29-25(32)5-4-15-35-22-10-12-23(13-11-22)36-16-14-28-27(34)20-17-26(33)30(2)18-20;1-2-4-6-5-3-1;;/h19-23H,3-18H2,1-2H3,(H,28,34)(H,29,32);1-5H;2*1H/t19?,20-,21?,22?,23?;;;/m0.../s1. The molecule has 0 spiro atoms. The molecule has 0 radical (unpaired) electrons. The van der Waals surface area contributed by atoms with Gasteiger partial charge in [-0.1, -0.05) is 13.0 Å². The molecule has 0 bridgehead atoms. The molecule has 3 fully saturated rings. The van der Waals surface area contributed by atoms with Crippen LogP contribution in [0.4, 0.5) is 0 Å². The summed E-state index contributed by atoms with van der Waals surface area (Å²) in [6, 6.07) is 5.92. The summed E-state index contributed by atoms with van der Waals surface area (Å²) >= 11 is 0. The van der Waals surface area contributed by atoms with Crippen LogP contribution in [0.15, 0.2) is 30.6 Å². The van der Waals surface area contributed by atoms with Crippen LogP contribution in [-0.4, -0.2) is 85.0 Å². The van der Waals surface area contributed by atoms with Gasteiger partial charge < -0.3 is 25.0 Å². The minimum absolute atomic E-state index is 0. The van der Waals surface area contributed by atoms with Crippen LogP contribution in [0, 0.1) is 11.8 Å². The summed E-state index contributed by atoms with van der Waals surface area (Å²) in [5.41, 5.74) is 0. The van der Waals surface area contributed by atoms with E-state index in [2.05, 4.69) is 15.6 Å². The van der Waals surface area contributed by atoms with E-state index in [1.807, 2.05) is 25.1 Å². The quantitative estimate of drug-likeness (QED) is 0.333. The first kappa shape index (κ1) is 33.6. The molecule has 42 heavy (non-hydrogen) atoms. The number of carbonyl (C=O) groups excluding carboxylic acids is 4. The van der Waals surface area contributed by atoms with Crippen LogP contribution in [0.25, 0.3) is 0 Å². The number of aromatic nitrogens is 1. The van der Waals surface area contributed by atoms with Gasteiger partial charge in [0.15, 0.2) is 0 Å². The minimum Gasteiger partial charge on any atom is -0.378 e. The summed E-state index contributed by atoms with van der Waals surface area (Å²) < 4.78 is 11.9. The van der Waals surface area contributed by atoms with Gasteiger partial charge in [0.1, 0.15) is 5.78 Å². The summed E-state index contributed by atoms with van der Waals surface area (Å²) in [5.74, 6) is 0.327. The van der Waals surface area contributed by atoms with Crippen molar-refractivity contribution >= 4 is 23.5 Å². The first-order chi connectivity index (χ1) is 20.4. The van der Waals surface area contributed by atoms with Crippen molar-refractivity contribution in [2.75, 3.05) is 33.4 Å². The molecule has 3 amide bonds. The van der Waals surface area contributed by atoms with Crippen LogP contribution in [-0.2, 0) is 28.7 Å². The van der Waals surface area contributed by atoms with Gasteiger partial charge >= 0.3 is 0 Å². The van der Waals surface area contributed by atoms with Gasteiger partial charge in [-0.15, -0.1) is 0 Å².